The van der Waals surface area contributed by atoms with Crippen LogP contribution in [-0.4, -0.2) is 22.7 Å². The maximum atomic E-state index is 12.3. The number of rotatable bonds is 6. The van der Waals surface area contributed by atoms with E-state index in [1.165, 1.54) is 12.0 Å². The van der Waals surface area contributed by atoms with Gasteiger partial charge in [0, 0.05) is 11.3 Å². The van der Waals surface area contributed by atoms with Gasteiger partial charge in [-0.25, -0.2) is 0 Å². The fourth-order valence-electron chi connectivity index (χ4n) is 2.91. The lowest BCUT2D eigenvalue weighted by Crippen LogP contribution is -2.20. The molecule has 1 heterocycles. The van der Waals surface area contributed by atoms with E-state index >= 15 is 0 Å². The van der Waals surface area contributed by atoms with Crippen molar-refractivity contribution in [3.63, 3.8) is 0 Å². The van der Waals surface area contributed by atoms with Crippen molar-refractivity contribution >= 4 is 11.6 Å². The largest absolute Gasteiger partial charge is 0.484 e. The van der Waals surface area contributed by atoms with E-state index in [1.807, 2.05) is 43.3 Å². The average Bonchev–Trinajstić information content (AvgIpc) is 3.16. The number of hydrogen-bond donors (Lipinski definition) is 1. The topological polar surface area (TPSA) is 77.3 Å². The van der Waals surface area contributed by atoms with Crippen molar-refractivity contribution in [2.45, 2.75) is 33.6 Å². The molecule has 27 heavy (non-hydrogen) atoms. The van der Waals surface area contributed by atoms with Crippen LogP contribution in [0, 0.1) is 13.8 Å². The Morgan fingerprint density at radius 1 is 1.15 bits per heavy atom. The average molecular weight is 365 g/mol. The van der Waals surface area contributed by atoms with Crippen LogP contribution < -0.4 is 10.1 Å². The molecular formula is C21H23N3O3. The van der Waals surface area contributed by atoms with Gasteiger partial charge in [-0.2, -0.15) is 0 Å². The van der Waals surface area contributed by atoms with E-state index in [9.17, 15) is 4.79 Å². The van der Waals surface area contributed by atoms with Gasteiger partial charge in [-0.05, 0) is 60.7 Å². The zero-order valence-electron chi connectivity index (χ0n) is 15.9. The van der Waals surface area contributed by atoms with Crippen molar-refractivity contribution in [2.24, 2.45) is 0 Å². The predicted molar refractivity (Wildman–Crippen MR) is 104 cm³/mol. The molecule has 1 aromatic heterocycles. The van der Waals surface area contributed by atoms with Gasteiger partial charge in [0.1, 0.15) is 5.75 Å². The lowest BCUT2D eigenvalue weighted by Gasteiger charge is -2.13. The number of hydrogen-bond acceptors (Lipinski definition) is 5. The van der Waals surface area contributed by atoms with Crippen LogP contribution in [0.15, 0.2) is 47.2 Å². The van der Waals surface area contributed by atoms with Gasteiger partial charge in [-0.15, -0.1) is 10.2 Å². The Morgan fingerprint density at radius 2 is 1.96 bits per heavy atom. The smallest absolute Gasteiger partial charge is 0.262 e. The van der Waals surface area contributed by atoms with Gasteiger partial charge in [0.15, 0.2) is 6.61 Å². The molecule has 0 fully saturated rings. The van der Waals surface area contributed by atoms with Gasteiger partial charge < -0.3 is 14.5 Å². The van der Waals surface area contributed by atoms with Gasteiger partial charge >= 0.3 is 0 Å². The van der Waals surface area contributed by atoms with Gasteiger partial charge in [0.05, 0.1) is 0 Å². The van der Waals surface area contributed by atoms with Gasteiger partial charge in [-0.1, -0.05) is 26.0 Å². The molecule has 0 atom stereocenters. The summed E-state index contributed by atoms with van der Waals surface area (Å²) in [6.07, 6.45) is 1.27. The first kappa shape index (κ1) is 18.6. The third-order valence-corrected chi connectivity index (χ3v) is 4.35. The molecule has 0 saturated carbocycles. The monoisotopic (exact) mass is 365 g/mol. The molecule has 0 unspecified atom stereocenters. The van der Waals surface area contributed by atoms with Crippen LogP contribution in [0.3, 0.4) is 0 Å². The highest BCUT2D eigenvalue weighted by Gasteiger charge is 2.11. The Kier molecular flexibility index (Phi) is 5.54. The van der Waals surface area contributed by atoms with Crippen LogP contribution in [0.25, 0.3) is 11.5 Å². The molecule has 0 saturated heterocycles. The third kappa shape index (κ3) is 4.53. The summed E-state index contributed by atoms with van der Waals surface area (Å²) in [5.74, 6) is 1.31. The zero-order chi connectivity index (χ0) is 19.4. The van der Waals surface area contributed by atoms with Crippen molar-refractivity contribution in [2.75, 3.05) is 11.9 Å². The van der Waals surface area contributed by atoms with E-state index < -0.39 is 0 Å². The minimum Gasteiger partial charge on any atom is -0.484 e. The molecule has 0 aliphatic carbocycles. The zero-order valence-corrected chi connectivity index (χ0v) is 15.9. The molecule has 0 spiro atoms. The predicted octanol–water partition coefficient (Wildman–Crippen LogP) is 4.49. The van der Waals surface area contributed by atoms with Crippen LogP contribution in [0.4, 0.5) is 5.69 Å². The van der Waals surface area contributed by atoms with Crippen LogP contribution in [-0.2, 0) is 4.79 Å². The summed E-state index contributed by atoms with van der Waals surface area (Å²) in [5, 5.41) is 10.4. The molecular weight excluding hydrogens is 342 g/mol. The Balaban J connectivity index is 1.64. The standard InChI is InChI=1S/C21H23N3O3/c1-13(2)18-8-7-17(9-15(18)4)26-11-20(25)23-19-10-16(6-5-14(19)3)21-24-22-12-27-21/h5-10,12-13H,11H2,1-4H3,(H,23,25). The molecule has 0 bridgehead atoms. The number of benzene rings is 2. The summed E-state index contributed by atoms with van der Waals surface area (Å²) in [7, 11) is 0. The highest BCUT2D eigenvalue weighted by Crippen LogP contribution is 2.25. The number of nitrogens with one attached hydrogen (secondary N) is 1. The number of carbonyl (C=O) groups is 1. The van der Waals surface area contributed by atoms with E-state index in [0.29, 0.717) is 23.2 Å². The fraction of sp³-hybridized carbons (Fsp3) is 0.286. The summed E-state index contributed by atoms with van der Waals surface area (Å²) in [5.41, 5.74) is 4.80. The Morgan fingerprint density at radius 3 is 2.63 bits per heavy atom. The second-order valence-electron chi connectivity index (χ2n) is 6.78. The number of nitrogens with zero attached hydrogens (tertiary/aromatic N) is 2. The number of aryl methyl sites for hydroxylation is 2. The SMILES string of the molecule is Cc1ccc(-c2nnco2)cc1NC(=O)COc1ccc(C(C)C)c(C)c1. The number of anilines is 1. The van der Waals surface area contributed by atoms with E-state index in [0.717, 1.165) is 16.7 Å². The molecule has 6 nitrogen and oxygen atoms in total. The summed E-state index contributed by atoms with van der Waals surface area (Å²) >= 11 is 0. The van der Waals surface area contributed by atoms with Crippen LogP contribution >= 0.6 is 0 Å². The summed E-state index contributed by atoms with van der Waals surface area (Å²) in [6.45, 7) is 8.21. The van der Waals surface area contributed by atoms with E-state index in [4.69, 9.17) is 9.15 Å². The number of ether oxygens (including phenoxy) is 1. The first-order chi connectivity index (χ1) is 12.9. The van der Waals surface area contributed by atoms with Crippen LogP contribution in [0.5, 0.6) is 5.75 Å². The molecule has 6 heteroatoms. The minimum absolute atomic E-state index is 0.0648. The molecule has 140 valence electrons. The highest BCUT2D eigenvalue weighted by molar-refractivity contribution is 5.93. The van der Waals surface area contributed by atoms with E-state index in [2.05, 4.69) is 36.3 Å². The van der Waals surface area contributed by atoms with Gasteiger partial charge in [-0.3, -0.25) is 4.79 Å². The Hall–Kier alpha value is -3.15. The second kappa shape index (κ2) is 8.03. The summed E-state index contributed by atoms with van der Waals surface area (Å²) in [6, 6.07) is 11.5. The lowest BCUT2D eigenvalue weighted by atomic mass is 9.98. The summed E-state index contributed by atoms with van der Waals surface area (Å²) < 4.78 is 10.8. The molecule has 2 aromatic carbocycles. The number of carbonyl (C=O) groups excluding carboxylic acids is 1. The molecule has 0 radical (unpaired) electrons. The Labute approximate surface area is 158 Å². The van der Waals surface area contributed by atoms with Crippen molar-refractivity contribution in [3.8, 4) is 17.2 Å². The maximum absolute atomic E-state index is 12.3. The highest BCUT2D eigenvalue weighted by atomic mass is 16.5. The fourth-order valence-corrected chi connectivity index (χ4v) is 2.91. The first-order valence-corrected chi connectivity index (χ1v) is 8.84. The normalized spacial score (nSPS) is 10.9. The molecule has 0 aliphatic rings. The Bertz CT molecular complexity index is 934. The first-order valence-electron chi connectivity index (χ1n) is 8.84. The molecule has 3 aromatic rings. The molecule has 1 amide bonds. The maximum Gasteiger partial charge on any atom is 0.262 e. The van der Waals surface area contributed by atoms with E-state index in [-0.39, 0.29) is 12.5 Å². The minimum atomic E-state index is -0.230. The molecule has 1 N–H and O–H groups in total. The van der Waals surface area contributed by atoms with Crippen molar-refractivity contribution in [1.29, 1.82) is 0 Å². The quantitative estimate of drug-likeness (QED) is 0.696. The van der Waals surface area contributed by atoms with E-state index in [1.54, 1.807) is 0 Å². The molecule has 0 aliphatic heterocycles. The van der Waals surface area contributed by atoms with Crippen molar-refractivity contribution in [3.05, 3.63) is 59.5 Å². The van der Waals surface area contributed by atoms with Crippen LogP contribution in [0.1, 0.15) is 36.5 Å². The summed E-state index contributed by atoms with van der Waals surface area (Å²) in [4.78, 5) is 12.3. The van der Waals surface area contributed by atoms with Gasteiger partial charge in [0.2, 0.25) is 12.3 Å². The molecule has 3 rings (SSSR count). The van der Waals surface area contributed by atoms with Crippen LogP contribution in [0.2, 0.25) is 0 Å². The second-order valence-corrected chi connectivity index (χ2v) is 6.78. The van der Waals surface area contributed by atoms with Crippen molar-refractivity contribution in [1.82, 2.24) is 10.2 Å². The third-order valence-electron chi connectivity index (χ3n) is 4.35. The number of aromatic nitrogens is 2. The van der Waals surface area contributed by atoms with Gasteiger partial charge in [0.25, 0.3) is 5.91 Å². The van der Waals surface area contributed by atoms with Crippen molar-refractivity contribution < 1.29 is 13.9 Å². The number of amides is 1. The lowest BCUT2D eigenvalue weighted by molar-refractivity contribution is -0.118.